The molecule has 2 nitrogen and oxygen atoms in total. The van der Waals surface area contributed by atoms with Crippen molar-refractivity contribution in [3.05, 3.63) is 0 Å². The van der Waals surface area contributed by atoms with E-state index in [0.717, 1.165) is 17.9 Å². The highest BCUT2D eigenvalue weighted by Gasteiger charge is 2.34. The minimum absolute atomic E-state index is 0.385. The molecule has 0 aromatic carbocycles. The van der Waals surface area contributed by atoms with Crippen molar-refractivity contribution in [1.29, 1.82) is 0 Å². The zero-order valence-corrected chi connectivity index (χ0v) is 11.6. The molecule has 2 heteroatoms. The van der Waals surface area contributed by atoms with E-state index in [-0.39, 0.29) is 0 Å². The topological polar surface area (TPSA) is 32.3 Å². The molecule has 3 aliphatic rings. The van der Waals surface area contributed by atoms with Gasteiger partial charge < -0.3 is 10.4 Å². The van der Waals surface area contributed by atoms with Crippen LogP contribution in [0.3, 0.4) is 0 Å². The van der Waals surface area contributed by atoms with Crippen LogP contribution >= 0.6 is 0 Å². The van der Waals surface area contributed by atoms with Crippen molar-refractivity contribution in [3.8, 4) is 0 Å². The molecule has 5 atom stereocenters. The van der Waals surface area contributed by atoms with Gasteiger partial charge in [-0.05, 0) is 49.9 Å². The summed E-state index contributed by atoms with van der Waals surface area (Å²) >= 11 is 0. The Balaban J connectivity index is 1.51. The second kappa shape index (κ2) is 5.92. The highest BCUT2D eigenvalue weighted by molar-refractivity contribution is 4.90. The first-order chi connectivity index (χ1) is 8.86. The Kier molecular flexibility index (Phi) is 4.25. The average molecular weight is 251 g/mol. The fourth-order valence-corrected chi connectivity index (χ4v) is 4.80. The molecule has 0 aromatic rings. The van der Waals surface area contributed by atoms with Gasteiger partial charge in [-0.2, -0.15) is 0 Å². The number of nitrogens with one attached hydrogen (secondary N) is 1. The maximum atomic E-state index is 9.41. The van der Waals surface area contributed by atoms with Gasteiger partial charge in [0, 0.05) is 18.7 Å². The van der Waals surface area contributed by atoms with Crippen LogP contribution in [-0.4, -0.2) is 23.8 Å². The molecular weight excluding hydrogens is 222 g/mol. The van der Waals surface area contributed by atoms with Gasteiger partial charge in [0.2, 0.25) is 0 Å². The zero-order chi connectivity index (χ0) is 12.4. The molecular formula is C16H29NO. The summed E-state index contributed by atoms with van der Waals surface area (Å²) in [6.07, 6.45) is 14.0. The van der Waals surface area contributed by atoms with E-state index in [9.17, 15) is 5.11 Å². The molecule has 2 N–H and O–H groups in total. The summed E-state index contributed by atoms with van der Waals surface area (Å²) in [6, 6.07) is 1.36. The van der Waals surface area contributed by atoms with Crippen molar-refractivity contribution in [2.45, 2.75) is 76.3 Å². The van der Waals surface area contributed by atoms with E-state index in [0.29, 0.717) is 18.6 Å². The summed E-state index contributed by atoms with van der Waals surface area (Å²) in [7, 11) is 0. The standard InChI is InChI=1S/C16H29NO/c18-11-14-6-3-7-16(14)17-15-9-8-12-4-1-2-5-13(12)10-15/h12-18H,1-11H2. The van der Waals surface area contributed by atoms with Crippen LogP contribution in [0.5, 0.6) is 0 Å². The molecule has 0 spiro atoms. The fourth-order valence-electron chi connectivity index (χ4n) is 4.80. The third-order valence-electron chi connectivity index (χ3n) is 5.88. The van der Waals surface area contributed by atoms with Gasteiger partial charge in [0.05, 0.1) is 0 Å². The lowest BCUT2D eigenvalue weighted by molar-refractivity contribution is 0.128. The number of aliphatic hydroxyl groups excluding tert-OH is 1. The Bertz CT molecular complexity index is 268. The normalized spacial score (nSPS) is 44.8. The van der Waals surface area contributed by atoms with Crippen LogP contribution in [0.15, 0.2) is 0 Å². The summed E-state index contributed by atoms with van der Waals surface area (Å²) in [6.45, 7) is 0.385. The smallest absolute Gasteiger partial charge is 0.0474 e. The highest BCUT2D eigenvalue weighted by atomic mass is 16.3. The highest BCUT2D eigenvalue weighted by Crippen LogP contribution is 2.41. The van der Waals surface area contributed by atoms with Crippen molar-refractivity contribution >= 4 is 0 Å². The zero-order valence-electron chi connectivity index (χ0n) is 11.6. The predicted molar refractivity (Wildman–Crippen MR) is 74.4 cm³/mol. The molecule has 0 bridgehead atoms. The number of hydrogen-bond donors (Lipinski definition) is 2. The van der Waals surface area contributed by atoms with E-state index in [1.807, 2.05) is 0 Å². The first-order valence-corrected chi connectivity index (χ1v) is 8.23. The third kappa shape index (κ3) is 2.75. The second-order valence-electron chi connectivity index (χ2n) is 6.96. The number of hydrogen-bond acceptors (Lipinski definition) is 2. The van der Waals surface area contributed by atoms with Gasteiger partial charge in [-0.1, -0.05) is 32.1 Å². The van der Waals surface area contributed by atoms with Crippen LogP contribution < -0.4 is 5.32 Å². The SMILES string of the molecule is OCC1CCCC1NC1CCC2CCCCC2C1. The first kappa shape index (κ1) is 12.9. The molecule has 3 aliphatic carbocycles. The quantitative estimate of drug-likeness (QED) is 0.808. The van der Waals surface area contributed by atoms with E-state index < -0.39 is 0 Å². The van der Waals surface area contributed by atoms with Gasteiger partial charge in [-0.25, -0.2) is 0 Å². The van der Waals surface area contributed by atoms with Gasteiger partial charge in [-0.15, -0.1) is 0 Å². The summed E-state index contributed by atoms with van der Waals surface area (Å²) in [5.41, 5.74) is 0. The Morgan fingerprint density at radius 1 is 0.833 bits per heavy atom. The summed E-state index contributed by atoms with van der Waals surface area (Å²) in [4.78, 5) is 0. The molecule has 0 aromatic heterocycles. The molecule has 3 saturated carbocycles. The second-order valence-corrected chi connectivity index (χ2v) is 6.96. The van der Waals surface area contributed by atoms with Gasteiger partial charge in [0.1, 0.15) is 0 Å². The maximum absolute atomic E-state index is 9.41. The molecule has 3 fully saturated rings. The minimum atomic E-state index is 0.385. The Morgan fingerprint density at radius 2 is 1.67 bits per heavy atom. The molecule has 3 rings (SSSR count). The number of rotatable bonds is 3. The van der Waals surface area contributed by atoms with Gasteiger partial charge in [0.25, 0.3) is 0 Å². The van der Waals surface area contributed by atoms with Crippen LogP contribution in [0.4, 0.5) is 0 Å². The Labute approximate surface area is 112 Å². The molecule has 0 saturated heterocycles. The van der Waals surface area contributed by atoms with E-state index in [2.05, 4.69) is 5.32 Å². The molecule has 0 radical (unpaired) electrons. The van der Waals surface area contributed by atoms with Crippen LogP contribution in [-0.2, 0) is 0 Å². The van der Waals surface area contributed by atoms with Gasteiger partial charge in [-0.3, -0.25) is 0 Å². The lowest BCUT2D eigenvalue weighted by atomic mass is 9.69. The third-order valence-corrected chi connectivity index (χ3v) is 5.88. The Morgan fingerprint density at radius 3 is 2.50 bits per heavy atom. The predicted octanol–water partition coefficient (Wildman–Crippen LogP) is 3.10. The number of fused-ring (bicyclic) bond motifs is 1. The summed E-state index contributed by atoms with van der Waals surface area (Å²) in [5, 5.41) is 13.3. The molecule has 18 heavy (non-hydrogen) atoms. The van der Waals surface area contributed by atoms with E-state index in [4.69, 9.17) is 0 Å². The molecule has 104 valence electrons. The van der Waals surface area contributed by atoms with Gasteiger partial charge in [0.15, 0.2) is 0 Å². The van der Waals surface area contributed by atoms with Crippen molar-refractivity contribution in [2.24, 2.45) is 17.8 Å². The summed E-state index contributed by atoms with van der Waals surface area (Å²) in [5.74, 6) is 2.60. The van der Waals surface area contributed by atoms with Crippen LogP contribution in [0.2, 0.25) is 0 Å². The van der Waals surface area contributed by atoms with Gasteiger partial charge >= 0.3 is 0 Å². The van der Waals surface area contributed by atoms with Crippen molar-refractivity contribution in [3.63, 3.8) is 0 Å². The lowest BCUT2D eigenvalue weighted by Crippen LogP contribution is -2.45. The minimum Gasteiger partial charge on any atom is -0.396 e. The van der Waals surface area contributed by atoms with Crippen LogP contribution in [0.25, 0.3) is 0 Å². The van der Waals surface area contributed by atoms with E-state index in [1.54, 1.807) is 0 Å². The average Bonchev–Trinajstić information content (AvgIpc) is 2.86. The molecule has 0 amide bonds. The number of aliphatic hydroxyl groups is 1. The van der Waals surface area contributed by atoms with Crippen molar-refractivity contribution in [2.75, 3.05) is 6.61 Å². The van der Waals surface area contributed by atoms with E-state index in [1.165, 1.54) is 64.2 Å². The van der Waals surface area contributed by atoms with Crippen LogP contribution in [0, 0.1) is 17.8 Å². The van der Waals surface area contributed by atoms with Crippen LogP contribution in [0.1, 0.15) is 64.2 Å². The molecule has 0 heterocycles. The molecule has 5 unspecified atom stereocenters. The Hall–Kier alpha value is -0.0800. The fraction of sp³-hybridized carbons (Fsp3) is 1.00. The summed E-state index contributed by atoms with van der Waals surface area (Å²) < 4.78 is 0. The maximum Gasteiger partial charge on any atom is 0.0474 e. The lowest BCUT2D eigenvalue weighted by Gasteiger charge is -2.41. The molecule has 0 aliphatic heterocycles. The van der Waals surface area contributed by atoms with E-state index >= 15 is 0 Å². The van der Waals surface area contributed by atoms with Crippen molar-refractivity contribution < 1.29 is 5.11 Å². The largest absolute Gasteiger partial charge is 0.396 e. The monoisotopic (exact) mass is 251 g/mol. The first-order valence-electron chi connectivity index (χ1n) is 8.23. The van der Waals surface area contributed by atoms with Crippen molar-refractivity contribution in [1.82, 2.24) is 5.32 Å².